The smallest absolute Gasteiger partial charge is 0.325 e. The third kappa shape index (κ3) is 5.76. The Hall–Kier alpha value is -2.68. The van der Waals surface area contributed by atoms with Gasteiger partial charge in [0, 0.05) is 16.6 Å². The lowest BCUT2D eigenvalue weighted by molar-refractivity contribution is -0.387. The first kappa shape index (κ1) is 25.6. The summed E-state index contributed by atoms with van der Waals surface area (Å²) < 4.78 is 102. The standard InChI is InChI=1S/C17H11F7N2O4S2/c18-15(19,16(20,21)22)17(23,24)31-11-5-3-4-10(8-11)25-14(27)9-32(30)13-7-2-1-6-12(13)26(28)29/h1-8H,9H2,(H,25,27). The molecule has 6 nitrogen and oxygen atoms in total. The number of nitrogens with one attached hydrogen (secondary N) is 1. The second kappa shape index (κ2) is 9.44. The molecule has 1 unspecified atom stereocenters. The van der Waals surface area contributed by atoms with E-state index in [9.17, 15) is 49.9 Å². The summed E-state index contributed by atoms with van der Waals surface area (Å²) in [5.41, 5.74) is -0.754. The van der Waals surface area contributed by atoms with Crippen LogP contribution in [0.4, 0.5) is 42.1 Å². The number of benzene rings is 2. The summed E-state index contributed by atoms with van der Waals surface area (Å²) in [5, 5.41) is 7.55. The van der Waals surface area contributed by atoms with Gasteiger partial charge in [-0.3, -0.25) is 19.1 Å². The minimum atomic E-state index is -6.49. The average molecular weight is 504 g/mol. The minimum absolute atomic E-state index is 0.244. The molecule has 2 aromatic carbocycles. The van der Waals surface area contributed by atoms with E-state index in [1.807, 2.05) is 0 Å². The molecule has 0 spiro atoms. The van der Waals surface area contributed by atoms with Crippen molar-refractivity contribution in [3.8, 4) is 0 Å². The third-order valence-corrected chi connectivity index (χ3v) is 6.02. The summed E-state index contributed by atoms with van der Waals surface area (Å²) >= 11 is -1.05. The Labute approximate surface area is 181 Å². The Balaban J connectivity index is 2.12. The molecule has 0 aliphatic heterocycles. The van der Waals surface area contributed by atoms with Crippen LogP contribution in [0.25, 0.3) is 0 Å². The molecule has 1 amide bonds. The number of nitrogens with zero attached hydrogens (tertiary/aromatic N) is 1. The predicted octanol–water partition coefficient (Wildman–Crippen LogP) is 5.22. The summed E-state index contributed by atoms with van der Waals surface area (Å²) in [7, 11) is -2.17. The molecule has 0 fully saturated rings. The number of nitro benzene ring substituents is 1. The molecule has 0 saturated carbocycles. The van der Waals surface area contributed by atoms with E-state index in [1.165, 1.54) is 18.2 Å². The van der Waals surface area contributed by atoms with Crippen LogP contribution in [0.5, 0.6) is 0 Å². The number of halogens is 7. The number of alkyl halides is 7. The number of carbonyl (C=O) groups is 1. The quantitative estimate of drug-likeness (QED) is 0.230. The number of hydrogen-bond acceptors (Lipinski definition) is 5. The highest BCUT2D eigenvalue weighted by Gasteiger charge is 2.73. The molecule has 0 bridgehead atoms. The topological polar surface area (TPSA) is 89.3 Å². The van der Waals surface area contributed by atoms with Gasteiger partial charge in [-0.15, -0.1) is 0 Å². The molecule has 2 rings (SSSR count). The first-order valence-electron chi connectivity index (χ1n) is 8.19. The monoisotopic (exact) mass is 504 g/mol. The Kier molecular flexibility index (Phi) is 7.55. The minimum Gasteiger partial charge on any atom is -0.325 e. The molecule has 0 aromatic heterocycles. The lowest BCUT2D eigenvalue weighted by Gasteiger charge is -2.27. The van der Waals surface area contributed by atoms with Crippen molar-refractivity contribution in [3.63, 3.8) is 0 Å². The van der Waals surface area contributed by atoms with Gasteiger partial charge in [-0.2, -0.15) is 30.7 Å². The van der Waals surface area contributed by atoms with Crippen molar-refractivity contribution >= 4 is 39.8 Å². The molecular formula is C17H11F7N2O4S2. The maximum atomic E-state index is 13.6. The fourth-order valence-electron chi connectivity index (χ4n) is 2.21. The molecule has 0 aliphatic carbocycles. The van der Waals surface area contributed by atoms with Crippen molar-refractivity contribution in [3.05, 3.63) is 58.6 Å². The van der Waals surface area contributed by atoms with E-state index < -0.39 is 67.1 Å². The zero-order chi connectivity index (χ0) is 24.3. The first-order chi connectivity index (χ1) is 14.7. The van der Waals surface area contributed by atoms with E-state index >= 15 is 0 Å². The summed E-state index contributed by atoms with van der Waals surface area (Å²) in [6.07, 6.45) is -6.49. The van der Waals surface area contributed by atoms with Gasteiger partial charge in [0.25, 0.3) is 5.69 Å². The van der Waals surface area contributed by atoms with E-state index in [0.717, 1.165) is 30.3 Å². The van der Waals surface area contributed by atoms with Crippen LogP contribution in [0.3, 0.4) is 0 Å². The van der Waals surface area contributed by atoms with Gasteiger partial charge < -0.3 is 5.32 Å². The number of thioether (sulfide) groups is 1. The number of anilines is 1. The van der Waals surface area contributed by atoms with Crippen LogP contribution in [0.15, 0.2) is 58.3 Å². The lowest BCUT2D eigenvalue weighted by Crippen LogP contribution is -2.49. The van der Waals surface area contributed by atoms with E-state index in [0.29, 0.717) is 0 Å². The van der Waals surface area contributed by atoms with E-state index in [-0.39, 0.29) is 10.6 Å². The maximum absolute atomic E-state index is 13.6. The van der Waals surface area contributed by atoms with E-state index in [1.54, 1.807) is 0 Å². The van der Waals surface area contributed by atoms with Gasteiger partial charge in [0.05, 0.1) is 15.7 Å². The fraction of sp³-hybridized carbons (Fsp3) is 0.235. The van der Waals surface area contributed by atoms with Gasteiger partial charge in [-0.1, -0.05) is 18.2 Å². The van der Waals surface area contributed by atoms with Crippen LogP contribution < -0.4 is 5.32 Å². The molecule has 0 saturated heterocycles. The largest absolute Gasteiger partial charge is 0.460 e. The Morgan fingerprint density at radius 1 is 1.03 bits per heavy atom. The predicted molar refractivity (Wildman–Crippen MR) is 101 cm³/mol. The molecule has 0 aliphatic rings. The second-order valence-corrected chi connectivity index (χ2v) is 8.59. The van der Waals surface area contributed by atoms with Crippen molar-refractivity contribution in [1.82, 2.24) is 0 Å². The number of para-hydroxylation sites is 1. The Morgan fingerprint density at radius 3 is 2.25 bits per heavy atom. The molecule has 1 atom stereocenters. The van der Waals surface area contributed by atoms with Crippen LogP contribution in [0, 0.1) is 10.1 Å². The van der Waals surface area contributed by atoms with Crippen LogP contribution in [0.2, 0.25) is 0 Å². The van der Waals surface area contributed by atoms with Gasteiger partial charge >= 0.3 is 17.4 Å². The van der Waals surface area contributed by atoms with Crippen LogP contribution in [-0.4, -0.2) is 38.1 Å². The molecule has 174 valence electrons. The first-order valence-corrected chi connectivity index (χ1v) is 10.3. The number of hydrogen-bond donors (Lipinski definition) is 1. The zero-order valence-electron chi connectivity index (χ0n) is 15.4. The summed E-state index contributed by atoms with van der Waals surface area (Å²) in [6.45, 7) is 0. The molecule has 2 aromatic rings. The Morgan fingerprint density at radius 2 is 1.66 bits per heavy atom. The van der Waals surface area contributed by atoms with Crippen molar-refractivity contribution in [2.45, 2.75) is 27.1 Å². The van der Waals surface area contributed by atoms with Crippen molar-refractivity contribution in [2.75, 3.05) is 11.1 Å². The van der Waals surface area contributed by atoms with Gasteiger partial charge in [-0.05, 0) is 36.0 Å². The normalized spacial score (nSPS) is 13.5. The number of amides is 1. The summed E-state index contributed by atoms with van der Waals surface area (Å²) in [4.78, 5) is 21.3. The second-order valence-electron chi connectivity index (χ2n) is 5.98. The molecule has 32 heavy (non-hydrogen) atoms. The highest BCUT2D eigenvalue weighted by molar-refractivity contribution is 8.00. The SMILES string of the molecule is O=C(CS(=O)c1ccccc1[N+](=O)[O-])Nc1cccc(SC(F)(F)C(F)(F)C(F)(F)F)c1. The number of carbonyl (C=O) groups excluding carboxylic acids is 1. The number of nitro groups is 1. The molecular weight excluding hydrogens is 493 g/mol. The van der Waals surface area contributed by atoms with Crippen LogP contribution in [-0.2, 0) is 15.6 Å². The van der Waals surface area contributed by atoms with Gasteiger partial charge in [0.1, 0.15) is 10.6 Å². The lowest BCUT2D eigenvalue weighted by atomic mass is 10.3. The fourth-order valence-corrected chi connectivity index (χ4v) is 4.15. The van der Waals surface area contributed by atoms with Crippen LogP contribution >= 0.6 is 11.8 Å². The highest BCUT2D eigenvalue weighted by Crippen LogP contribution is 2.53. The molecule has 0 heterocycles. The van der Waals surface area contributed by atoms with Gasteiger partial charge in [0.15, 0.2) is 0 Å². The highest BCUT2D eigenvalue weighted by atomic mass is 32.2. The van der Waals surface area contributed by atoms with E-state index in [4.69, 9.17) is 0 Å². The third-order valence-electron chi connectivity index (χ3n) is 3.65. The zero-order valence-corrected chi connectivity index (χ0v) is 17.0. The Bertz CT molecular complexity index is 1050. The molecule has 15 heteroatoms. The van der Waals surface area contributed by atoms with Crippen molar-refractivity contribution in [2.24, 2.45) is 0 Å². The molecule has 0 radical (unpaired) electrons. The van der Waals surface area contributed by atoms with E-state index in [2.05, 4.69) is 5.32 Å². The van der Waals surface area contributed by atoms with Crippen molar-refractivity contribution in [1.29, 1.82) is 0 Å². The van der Waals surface area contributed by atoms with Gasteiger partial charge in [-0.25, -0.2) is 0 Å². The summed E-state index contributed by atoms with van der Waals surface area (Å²) in [6, 6.07) is 8.60. The summed E-state index contributed by atoms with van der Waals surface area (Å²) in [5.74, 6) is -8.06. The number of rotatable bonds is 8. The maximum Gasteiger partial charge on any atom is 0.460 e. The van der Waals surface area contributed by atoms with Crippen molar-refractivity contribution < 1.29 is 44.7 Å². The van der Waals surface area contributed by atoms with Gasteiger partial charge in [0.2, 0.25) is 5.91 Å². The average Bonchev–Trinajstić information content (AvgIpc) is 2.66. The molecule has 1 N–H and O–H groups in total. The van der Waals surface area contributed by atoms with Crippen LogP contribution in [0.1, 0.15) is 0 Å².